The maximum Gasteiger partial charge on any atom is 0.407 e. The molecular formula is C14H17N7O4S. The Morgan fingerprint density at radius 3 is 2.96 bits per heavy atom. The van der Waals surface area contributed by atoms with E-state index in [0.29, 0.717) is 23.5 Å². The Hall–Kier alpha value is -2.31. The molecule has 1 amide bonds. The second kappa shape index (κ2) is 7.51. The SMILES string of the molecule is CCNC(=O)O[C@@H]1CO[C@H]2[C@@H]1OC[C@@H]2n1nnnc1Sc1ncccn1. The van der Waals surface area contributed by atoms with Gasteiger partial charge in [0.05, 0.1) is 13.2 Å². The molecule has 0 radical (unpaired) electrons. The third-order valence-corrected chi connectivity index (χ3v) is 4.91. The van der Waals surface area contributed by atoms with E-state index in [9.17, 15) is 4.79 Å². The fourth-order valence-corrected chi connectivity index (χ4v) is 3.69. The topological polar surface area (TPSA) is 126 Å². The lowest BCUT2D eigenvalue weighted by atomic mass is 10.1. The monoisotopic (exact) mass is 379 g/mol. The Labute approximate surface area is 152 Å². The number of nitrogens with one attached hydrogen (secondary N) is 1. The van der Waals surface area contributed by atoms with Gasteiger partial charge in [0.1, 0.15) is 18.2 Å². The van der Waals surface area contributed by atoms with Gasteiger partial charge in [-0.25, -0.2) is 19.4 Å². The Morgan fingerprint density at radius 2 is 2.15 bits per heavy atom. The number of carbonyl (C=O) groups is 1. The number of amides is 1. The van der Waals surface area contributed by atoms with E-state index in [1.54, 1.807) is 23.1 Å². The first-order valence-corrected chi connectivity index (χ1v) is 8.98. The summed E-state index contributed by atoms with van der Waals surface area (Å²) in [6, 6.07) is 1.52. The number of ether oxygens (including phenoxy) is 3. The largest absolute Gasteiger partial charge is 0.441 e. The van der Waals surface area contributed by atoms with E-state index in [0.717, 1.165) is 0 Å². The van der Waals surface area contributed by atoms with Crippen LogP contribution in [0.15, 0.2) is 28.8 Å². The summed E-state index contributed by atoms with van der Waals surface area (Å²) in [7, 11) is 0. The van der Waals surface area contributed by atoms with Crippen molar-refractivity contribution in [2.24, 2.45) is 0 Å². The highest BCUT2D eigenvalue weighted by Crippen LogP contribution is 2.37. The molecule has 0 aliphatic carbocycles. The number of carbonyl (C=O) groups excluding carboxylic acids is 1. The second-order valence-corrected chi connectivity index (χ2v) is 6.61. The molecule has 4 atom stereocenters. The Balaban J connectivity index is 1.46. The number of nitrogens with zero attached hydrogens (tertiary/aromatic N) is 6. The molecule has 1 N–H and O–H groups in total. The summed E-state index contributed by atoms with van der Waals surface area (Å²) in [5.41, 5.74) is 0. The molecule has 0 saturated carbocycles. The molecule has 4 heterocycles. The average Bonchev–Trinajstić information content (AvgIpc) is 3.34. The molecule has 0 spiro atoms. The number of hydrogen-bond donors (Lipinski definition) is 1. The minimum absolute atomic E-state index is 0.218. The van der Waals surface area contributed by atoms with E-state index < -0.39 is 12.2 Å². The number of hydrogen-bond acceptors (Lipinski definition) is 10. The van der Waals surface area contributed by atoms with Gasteiger partial charge in [-0.15, -0.1) is 5.10 Å². The molecule has 12 heteroatoms. The molecule has 4 rings (SSSR count). The van der Waals surface area contributed by atoms with Crippen LogP contribution in [0.2, 0.25) is 0 Å². The maximum atomic E-state index is 11.7. The summed E-state index contributed by atoms with van der Waals surface area (Å²) >= 11 is 1.26. The molecule has 2 aliphatic heterocycles. The van der Waals surface area contributed by atoms with Gasteiger partial charge in [-0.3, -0.25) is 0 Å². The smallest absolute Gasteiger partial charge is 0.407 e. The summed E-state index contributed by atoms with van der Waals surface area (Å²) in [4.78, 5) is 20.0. The van der Waals surface area contributed by atoms with Gasteiger partial charge in [-0.2, -0.15) is 0 Å². The van der Waals surface area contributed by atoms with E-state index in [4.69, 9.17) is 14.2 Å². The predicted molar refractivity (Wildman–Crippen MR) is 86.4 cm³/mol. The summed E-state index contributed by atoms with van der Waals surface area (Å²) in [5.74, 6) is 0. The van der Waals surface area contributed by atoms with Crippen LogP contribution in [-0.2, 0) is 14.2 Å². The molecule has 11 nitrogen and oxygen atoms in total. The molecule has 0 bridgehead atoms. The number of aromatic nitrogens is 6. The second-order valence-electron chi connectivity index (χ2n) is 5.68. The normalized spacial score (nSPS) is 27.3. The van der Waals surface area contributed by atoms with Gasteiger partial charge in [0.25, 0.3) is 0 Å². The molecule has 2 fully saturated rings. The van der Waals surface area contributed by atoms with Gasteiger partial charge in [-0.05, 0) is 35.2 Å². The molecule has 2 saturated heterocycles. The van der Waals surface area contributed by atoms with Crippen molar-refractivity contribution < 1.29 is 19.0 Å². The number of fused-ring (bicyclic) bond motifs is 1. The summed E-state index contributed by atoms with van der Waals surface area (Å²) in [5, 5.41) is 15.5. The molecular weight excluding hydrogens is 362 g/mol. The van der Waals surface area contributed by atoms with Crippen molar-refractivity contribution in [3.8, 4) is 0 Å². The Bertz CT molecular complexity index is 761. The number of tetrazole rings is 1. The highest BCUT2D eigenvalue weighted by molar-refractivity contribution is 7.99. The first kappa shape index (κ1) is 17.1. The zero-order valence-corrected chi connectivity index (χ0v) is 14.7. The lowest BCUT2D eigenvalue weighted by molar-refractivity contribution is 0.00298. The van der Waals surface area contributed by atoms with Gasteiger partial charge in [0.15, 0.2) is 11.3 Å². The maximum absolute atomic E-state index is 11.7. The standard InChI is InChI=1S/C14H17N7O4S/c1-2-15-14(22)25-9-7-24-10-8(6-23-11(9)10)21-13(18-19-20-21)26-12-16-4-3-5-17-12/h3-5,8-11H,2,6-7H2,1H3,(H,15,22)/t8-,9+,10+,11+/m0/s1. The van der Waals surface area contributed by atoms with Crippen molar-refractivity contribution in [2.75, 3.05) is 19.8 Å². The van der Waals surface area contributed by atoms with Crippen LogP contribution >= 0.6 is 11.8 Å². The van der Waals surface area contributed by atoms with Gasteiger partial charge >= 0.3 is 6.09 Å². The molecule has 2 aromatic heterocycles. The lowest BCUT2D eigenvalue weighted by Crippen LogP contribution is -2.37. The molecule has 2 aliphatic rings. The van der Waals surface area contributed by atoms with Crippen LogP contribution in [0.5, 0.6) is 0 Å². The van der Waals surface area contributed by atoms with Crippen LogP contribution < -0.4 is 5.32 Å². The van der Waals surface area contributed by atoms with Crippen molar-refractivity contribution in [3.63, 3.8) is 0 Å². The van der Waals surface area contributed by atoms with Crippen LogP contribution in [0, 0.1) is 0 Å². The lowest BCUT2D eigenvalue weighted by Gasteiger charge is -2.17. The van der Waals surface area contributed by atoms with Crippen molar-refractivity contribution >= 4 is 17.9 Å². The van der Waals surface area contributed by atoms with Crippen LogP contribution in [0.1, 0.15) is 13.0 Å². The number of rotatable bonds is 5. The quantitative estimate of drug-likeness (QED) is 0.713. The van der Waals surface area contributed by atoms with E-state index in [1.165, 1.54) is 11.8 Å². The van der Waals surface area contributed by atoms with Crippen molar-refractivity contribution in [2.45, 2.75) is 41.6 Å². The van der Waals surface area contributed by atoms with Crippen molar-refractivity contribution in [1.29, 1.82) is 0 Å². The molecule has 26 heavy (non-hydrogen) atoms. The zero-order chi connectivity index (χ0) is 17.9. The summed E-state index contributed by atoms with van der Waals surface area (Å²) in [6.45, 7) is 2.95. The third-order valence-electron chi connectivity index (χ3n) is 4.06. The summed E-state index contributed by atoms with van der Waals surface area (Å²) < 4.78 is 18.7. The minimum atomic E-state index is -0.478. The van der Waals surface area contributed by atoms with E-state index in [2.05, 4.69) is 30.8 Å². The van der Waals surface area contributed by atoms with Gasteiger partial charge < -0.3 is 19.5 Å². The average molecular weight is 379 g/mol. The predicted octanol–water partition coefficient (Wildman–Crippen LogP) is 0.0677. The van der Waals surface area contributed by atoms with Gasteiger partial charge in [0, 0.05) is 18.9 Å². The fraction of sp³-hybridized carbons (Fsp3) is 0.571. The first-order valence-electron chi connectivity index (χ1n) is 8.16. The summed E-state index contributed by atoms with van der Waals surface area (Å²) in [6.07, 6.45) is 1.73. The van der Waals surface area contributed by atoms with Crippen LogP contribution in [0.4, 0.5) is 4.79 Å². The van der Waals surface area contributed by atoms with Crippen LogP contribution in [-0.4, -0.2) is 74.3 Å². The molecule has 2 aromatic rings. The molecule has 0 unspecified atom stereocenters. The van der Waals surface area contributed by atoms with Crippen LogP contribution in [0.25, 0.3) is 0 Å². The van der Waals surface area contributed by atoms with E-state index in [-0.39, 0.29) is 24.9 Å². The zero-order valence-electron chi connectivity index (χ0n) is 13.9. The molecule has 138 valence electrons. The van der Waals surface area contributed by atoms with Gasteiger partial charge in [-0.1, -0.05) is 0 Å². The third kappa shape index (κ3) is 3.34. The van der Waals surface area contributed by atoms with E-state index >= 15 is 0 Å². The van der Waals surface area contributed by atoms with Crippen molar-refractivity contribution in [1.82, 2.24) is 35.5 Å². The molecule has 0 aromatic carbocycles. The minimum Gasteiger partial charge on any atom is -0.441 e. The fourth-order valence-electron chi connectivity index (χ4n) is 2.96. The number of alkyl carbamates (subject to hydrolysis) is 1. The van der Waals surface area contributed by atoms with Crippen molar-refractivity contribution in [3.05, 3.63) is 18.5 Å². The first-order chi connectivity index (χ1) is 12.8. The Kier molecular flexibility index (Phi) is 4.95. The highest BCUT2D eigenvalue weighted by atomic mass is 32.2. The van der Waals surface area contributed by atoms with E-state index in [1.807, 2.05) is 6.92 Å². The highest BCUT2D eigenvalue weighted by Gasteiger charge is 2.51. The van der Waals surface area contributed by atoms with Gasteiger partial charge in [0.2, 0.25) is 5.16 Å². The van der Waals surface area contributed by atoms with Crippen LogP contribution in [0.3, 0.4) is 0 Å². The Morgan fingerprint density at radius 1 is 1.35 bits per heavy atom.